The van der Waals surface area contributed by atoms with E-state index < -0.39 is 9.84 Å². The maximum atomic E-state index is 11.8. The zero-order chi connectivity index (χ0) is 13.4. The summed E-state index contributed by atoms with van der Waals surface area (Å²) in [5.74, 6) is 1.35. The fraction of sp³-hybridized carbons (Fsp3) is 0.538. The molecule has 0 aromatic heterocycles. The largest absolute Gasteiger partial charge is 0.385 e. The van der Waals surface area contributed by atoms with Gasteiger partial charge in [0, 0.05) is 12.2 Å². The Morgan fingerprint density at radius 2 is 1.89 bits per heavy atom. The molecule has 0 aliphatic carbocycles. The van der Waals surface area contributed by atoms with Gasteiger partial charge in [-0.3, -0.25) is 0 Å². The SMILES string of the molecule is CCCS(=O)(=O)c1ccc(NCCCSC)cc1. The molecular formula is C13H21NO2S2. The van der Waals surface area contributed by atoms with Crippen molar-refractivity contribution in [3.05, 3.63) is 24.3 Å². The van der Waals surface area contributed by atoms with Crippen LogP contribution in [0.3, 0.4) is 0 Å². The van der Waals surface area contributed by atoms with Crippen molar-refractivity contribution in [3.8, 4) is 0 Å². The van der Waals surface area contributed by atoms with Crippen LogP contribution in [-0.4, -0.2) is 32.7 Å². The summed E-state index contributed by atoms with van der Waals surface area (Å²) in [6.07, 6.45) is 3.85. The molecule has 0 atom stereocenters. The number of hydrogen-bond acceptors (Lipinski definition) is 4. The highest BCUT2D eigenvalue weighted by Crippen LogP contribution is 2.16. The molecule has 102 valence electrons. The van der Waals surface area contributed by atoms with Gasteiger partial charge in [-0.1, -0.05) is 6.92 Å². The molecule has 0 aliphatic heterocycles. The number of hydrogen-bond donors (Lipinski definition) is 1. The second-order valence-corrected chi connectivity index (χ2v) is 7.21. The molecule has 0 aliphatic rings. The van der Waals surface area contributed by atoms with Crippen molar-refractivity contribution in [1.82, 2.24) is 0 Å². The first-order chi connectivity index (χ1) is 8.60. The van der Waals surface area contributed by atoms with E-state index in [0.29, 0.717) is 11.3 Å². The van der Waals surface area contributed by atoms with Gasteiger partial charge in [0.05, 0.1) is 10.6 Å². The smallest absolute Gasteiger partial charge is 0.178 e. The Hall–Kier alpha value is -0.680. The first-order valence-electron chi connectivity index (χ1n) is 6.16. The Bertz CT molecular complexity index is 441. The lowest BCUT2D eigenvalue weighted by Crippen LogP contribution is -2.06. The molecular weight excluding hydrogens is 266 g/mol. The lowest BCUT2D eigenvalue weighted by molar-refractivity contribution is 0.595. The Morgan fingerprint density at radius 3 is 2.44 bits per heavy atom. The first kappa shape index (κ1) is 15.4. The molecule has 0 fully saturated rings. The molecule has 5 heteroatoms. The van der Waals surface area contributed by atoms with Crippen LogP contribution in [0.5, 0.6) is 0 Å². The monoisotopic (exact) mass is 287 g/mol. The molecule has 0 radical (unpaired) electrons. The summed E-state index contributed by atoms with van der Waals surface area (Å²) in [5, 5.41) is 3.28. The van der Waals surface area contributed by atoms with Gasteiger partial charge in [-0.2, -0.15) is 11.8 Å². The third-order valence-corrected chi connectivity index (χ3v) is 5.17. The number of rotatable bonds is 8. The molecule has 1 aromatic rings. The fourth-order valence-corrected chi connectivity index (χ4v) is 3.37. The molecule has 3 nitrogen and oxygen atoms in total. The third kappa shape index (κ3) is 4.90. The highest BCUT2D eigenvalue weighted by atomic mass is 32.2. The molecule has 0 spiro atoms. The van der Waals surface area contributed by atoms with Crippen molar-refractivity contribution >= 4 is 27.3 Å². The number of anilines is 1. The van der Waals surface area contributed by atoms with Gasteiger partial charge in [0.2, 0.25) is 0 Å². The van der Waals surface area contributed by atoms with E-state index in [4.69, 9.17) is 0 Å². The summed E-state index contributed by atoms with van der Waals surface area (Å²) in [4.78, 5) is 0.416. The van der Waals surface area contributed by atoms with Crippen molar-refractivity contribution in [2.45, 2.75) is 24.7 Å². The second kappa shape index (κ2) is 7.69. The lowest BCUT2D eigenvalue weighted by Gasteiger charge is -2.07. The van der Waals surface area contributed by atoms with Gasteiger partial charge in [-0.05, 0) is 49.1 Å². The van der Waals surface area contributed by atoms with Crippen molar-refractivity contribution in [2.75, 3.05) is 29.6 Å². The molecule has 0 saturated heterocycles. The zero-order valence-corrected chi connectivity index (χ0v) is 12.6. The third-order valence-electron chi connectivity index (χ3n) is 2.54. The van der Waals surface area contributed by atoms with Crippen LogP contribution in [0.25, 0.3) is 0 Å². The maximum absolute atomic E-state index is 11.8. The highest BCUT2D eigenvalue weighted by molar-refractivity contribution is 7.98. The van der Waals surface area contributed by atoms with Crippen molar-refractivity contribution in [1.29, 1.82) is 0 Å². The van der Waals surface area contributed by atoms with E-state index in [1.54, 1.807) is 12.1 Å². The second-order valence-electron chi connectivity index (χ2n) is 4.12. The van der Waals surface area contributed by atoms with E-state index in [1.165, 1.54) is 0 Å². The van der Waals surface area contributed by atoms with Crippen LogP contribution in [0, 0.1) is 0 Å². The first-order valence-corrected chi connectivity index (χ1v) is 9.20. The van der Waals surface area contributed by atoms with E-state index >= 15 is 0 Å². The van der Waals surface area contributed by atoms with E-state index in [2.05, 4.69) is 11.6 Å². The minimum Gasteiger partial charge on any atom is -0.385 e. The van der Waals surface area contributed by atoms with Crippen LogP contribution in [0.4, 0.5) is 5.69 Å². The topological polar surface area (TPSA) is 46.2 Å². The van der Waals surface area contributed by atoms with Gasteiger partial charge in [-0.15, -0.1) is 0 Å². The van der Waals surface area contributed by atoms with Crippen LogP contribution in [0.15, 0.2) is 29.2 Å². The van der Waals surface area contributed by atoms with Gasteiger partial charge >= 0.3 is 0 Å². The predicted molar refractivity (Wildman–Crippen MR) is 80.3 cm³/mol. The maximum Gasteiger partial charge on any atom is 0.178 e. The zero-order valence-electron chi connectivity index (χ0n) is 11.0. The standard InChI is InChI=1S/C13H21NO2S2/c1-3-11-18(15,16)13-7-5-12(6-8-13)14-9-4-10-17-2/h5-8,14H,3-4,9-11H2,1-2H3. The van der Waals surface area contributed by atoms with Crippen molar-refractivity contribution in [3.63, 3.8) is 0 Å². The lowest BCUT2D eigenvalue weighted by atomic mass is 10.3. The minimum absolute atomic E-state index is 0.216. The average Bonchev–Trinajstić information content (AvgIpc) is 2.35. The molecule has 1 aromatic carbocycles. The Balaban J connectivity index is 2.57. The van der Waals surface area contributed by atoms with Gasteiger partial charge < -0.3 is 5.32 Å². The summed E-state index contributed by atoms with van der Waals surface area (Å²) in [7, 11) is -3.09. The van der Waals surface area contributed by atoms with Crippen LogP contribution < -0.4 is 5.32 Å². The van der Waals surface area contributed by atoms with E-state index in [9.17, 15) is 8.42 Å². The summed E-state index contributed by atoms with van der Waals surface area (Å²) < 4.78 is 23.6. The summed E-state index contributed by atoms with van der Waals surface area (Å²) in [6, 6.07) is 7.03. The quantitative estimate of drug-likeness (QED) is 0.747. The minimum atomic E-state index is -3.09. The fourth-order valence-electron chi connectivity index (χ4n) is 1.62. The van der Waals surface area contributed by atoms with Crippen LogP contribution in [0.2, 0.25) is 0 Å². The molecule has 18 heavy (non-hydrogen) atoms. The van der Waals surface area contributed by atoms with E-state index in [-0.39, 0.29) is 5.75 Å². The molecule has 0 amide bonds. The van der Waals surface area contributed by atoms with Crippen molar-refractivity contribution in [2.24, 2.45) is 0 Å². The molecule has 0 unspecified atom stereocenters. The van der Waals surface area contributed by atoms with E-state index in [1.807, 2.05) is 30.8 Å². The predicted octanol–water partition coefficient (Wildman–Crippen LogP) is 3.04. The van der Waals surface area contributed by atoms with Crippen LogP contribution in [0.1, 0.15) is 19.8 Å². The number of sulfone groups is 1. The number of benzene rings is 1. The van der Waals surface area contributed by atoms with Crippen LogP contribution in [-0.2, 0) is 9.84 Å². The molecule has 1 rings (SSSR count). The normalized spacial score (nSPS) is 11.4. The molecule has 0 saturated carbocycles. The summed E-state index contributed by atoms with van der Waals surface area (Å²) in [5.41, 5.74) is 0.978. The van der Waals surface area contributed by atoms with Gasteiger partial charge in [0.1, 0.15) is 0 Å². The van der Waals surface area contributed by atoms with Crippen LogP contribution >= 0.6 is 11.8 Å². The summed E-state index contributed by atoms with van der Waals surface area (Å²) in [6.45, 7) is 2.79. The Labute approximate surface area is 114 Å². The Kier molecular flexibility index (Phi) is 6.57. The average molecular weight is 287 g/mol. The Morgan fingerprint density at radius 1 is 1.22 bits per heavy atom. The van der Waals surface area contributed by atoms with Gasteiger partial charge in [0.15, 0.2) is 9.84 Å². The highest BCUT2D eigenvalue weighted by Gasteiger charge is 2.12. The van der Waals surface area contributed by atoms with E-state index in [0.717, 1.165) is 24.4 Å². The van der Waals surface area contributed by atoms with Gasteiger partial charge in [0.25, 0.3) is 0 Å². The van der Waals surface area contributed by atoms with Crippen molar-refractivity contribution < 1.29 is 8.42 Å². The van der Waals surface area contributed by atoms with Gasteiger partial charge in [-0.25, -0.2) is 8.42 Å². The number of nitrogens with one attached hydrogen (secondary N) is 1. The molecule has 0 heterocycles. The number of thioether (sulfide) groups is 1. The molecule has 1 N–H and O–H groups in total. The molecule has 0 bridgehead atoms. The summed E-state index contributed by atoms with van der Waals surface area (Å²) >= 11 is 1.83.